The summed E-state index contributed by atoms with van der Waals surface area (Å²) in [4.78, 5) is 33.2. The number of ketones is 1. The van der Waals surface area contributed by atoms with Crippen LogP contribution in [0.1, 0.15) is 52.4 Å². The summed E-state index contributed by atoms with van der Waals surface area (Å²) < 4.78 is 80.2. The quantitative estimate of drug-likeness (QED) is 0.545. The average molecular weight is 479 g/mol. The lowest BCUT2D eigenvalue weighted by Gasteiger charge is -2.21. The smallest absolute Gasteiger partial charge is 0.444 e. The second-order valence-electron chi connectivity index (χ2n) is 7.25. The number of alkyl carbamates (subject to hydrolysis) is 1. The molecule has 1 aromatic rings. The van der Waals surface area contributed by atoms with E-state index in [4.69, 9.17) is 10.5 Å². The van der Waals surface area contributed by atoms with Gasteiger partial charge in [-0.15, -0.1) is 10.2 Å². The fourth-order valence-corrected chi connectivity index (χ4v) is 1.52. The van der Waals surface area contributed by atoms with Crippen molar-refractivity contribution >= 4 is 17.8 Å². The van der Waals surface area contributed by atoms with Crippen molar-refractivity contribution in [2.75, 3.05) is 6.54 Å². The Morgan fingerprint density at radius 1 is 1.06 bits per heavy atom. The zero-order valence-electron chi connectivity index (χ0n) is 17.6. The number of nitrogens with zero attached hydrogens (tertiary/aromatic N) is 2. The molecular formula is C16H23F6N5O5. The van der Waals surface area contributed by atoms with E-state index >= 15 is 0 Å². The fraction of sp³-hybridized carbons (Fsp3) is 0.688. The van der Waals surface area contributed by atoms with Crippen LogP contribution in [-0.4, -0.2) is 52.3 Å². The molecule has 1 aromatic heterocycles. The zero-order chi connectivity index (χ0) is 25.5. The van der Waals surface area contributed by atoms with Crippen LogP contribution in [0.3, 0.4) is 0 Å². The van der Waals surface area contributed by atoms with E-state index < -0.39 is 60.3 Å². The summed E-state index contributed by atoms with van der Waals surface area (Å²) in [5.74, 6) is -4.58. The SMILES string of the molecule is CC(N)c1nnc(C(F)(F)F)o1.C[C@@H](NC(=O)OC(C)(C)C)C(=O)CNC(=O)C(F)(F)F. The van der Waals surface area contributed by atoms with Gasteiger partial charge in [0.15, 0.2) is 5.78 Å². The van der Waals surface area contributed by atoms with Crippen molar-refractivity contribution in [1.82, 2.24) is 20.8 Å². The molecular weight excluding hydrogens is 456 g/mol. The molecule has 0 aliphatic carbocycles. The maximum Gasteiger partial charge on any atom is 0.471 e. The van der Waals surface area contributed by atoms with Crippen LogP contribution in [0, 0.1) is 0 Å². The number of amides is 2. The van der Waals surface area contributed by atoms with Gasteiger partial charge in [0.25, 0.3) is 0 Å². The van der Waals surface area contributed by atoms with E-state index in [1.54, 1.807) is 20.8 Å². The monoisotopic (exact) mass is 479 g/mol. The van der Waals surface area contributed by atoms with Crippen LogP contribution >= 0.6 is 0 Å². The normalized spacial score (nSPS) is 13.9. The summed E-state index contributed by atoms with van der Waals surface area (Å²) in [7, 11) is 0. The molecule has 1 rings (SSSR count). The lowest BCUT2D eigenvalue weighted by molar-refractivity contribution is -0.173. The summed E-state index contributed by atoms with van der Waals surface area (Å²) in [5.41, 5.74) is 4.44. The Hall–Kier alpha value is -2.91. The number of Topliss-reactive ketones (excluding diaryl/α,β-unsaturated/α-hetero) is 1. The van der Waals surface area contributed by atoms with Gasteiger partial charge in [0, 0.05) is 0 Å². The van der Waals surface area contributed by atoms with Crippen molar-refractivity contribution in [2.24, 2.45) is 5.73 Å². The fourth-order valence-electron chi connectivity index (χ4n) is 1.52. The number of ether oxygens (including phenoxy) is 1. The first-order chi connectivity index (χ1) is 14.2. The molecule has 1 heterocycles. The number of rotatable bonds is 5. The van der Waals surface area contributed by atoms with Crippen molar-refractivity contribution in [2.45, 2.75) is 64.7 Å². The second kappa shape index (κ2) is 11.1. The maximum atomic E-state index is 11.9. The number of hydrogen-bond donors (Lipinski definition) is 3. The molecule has 0 bridgehead atoms. The highest BCUT2D eigenvalue weighted by Crippen LogP contribution is 2.28. The number of hydrogen-bond acceptors (Lipinski definition) is 8. The number of nitrogens with one attached hydrogen (secondary N) is 2. The van der Waals surface area contributed by atoms with E-state index in [1.165, 1.54) is 19.2 Å². The van der Waals surface area contributed by atoms with Crippen LogP contribution in [0.15, 0.2) is 4.42 Å². The third-order valence-corrected chi connectivity index (χ3v) is 2.97. The van der Waals surface area contributed by atoms with E-state index in [0.717, 1.165) is 0 Å². The van der Waals surface area contributed by atoms with Crippen LogP contribution in [0.25, 0.3) is 0 Å². The first kappa shape index (κ1) is 29.1. The highest BCUT2D eigenvalue weighted by atomic mass is 19.4. The number of nitrogens with two attached hydrogens (primary N) is 1. The molecule has 0 saturated heterocycles. The van der Waals surface area contributed by atoms with Gasteiger partial charge in [0.05, 0.1) is 18.6 Å². The van der Waals surface area contributed by atoms with E-state index in [1.807, 2.05) is 0 Å². The van der Waals surface area contributed by atoms with Crippen molar-refractivity contribution in [3.8, 4) is 0 Å². The maximum absolute atomic E-state index is 11.9. The molecule has 2 atom stereocenters. The Morgan fingerprint density at radius 3 is 1.94 bits per heavy atom. The number of carbonyl (C=O) groups excluding carboxylic acids is 3. The molecule has 0 aliphatic heterocycles. The van der Waals surface area contributed by atoms with Gasteiger partial charge in [-0.2, -0.15) is 26.3 Å². The van der Waals surface area contributed by atoms with Gasteiger partial charge in [-0.1, -0.05) is 0 Å². The predicted molar refractivity (Wildman–Crippen MR) is 94.8 cm³/mol. The first-order valence-electron chi connectivity index (χ1n) is 8.77. The van der Waals surface area contributed by atoms with Gasteiger partial charge in [-0.05, 0) is 34.6 Å². The summed E-state index contributed by atoms with van der Waals surface area (Å²) in [6.07, 6.45) is -10.5. The van der Waals surface area contributed by atoms with Crippen LogP contribution in [-0.2, 0) is 20.5 Å². The van der Waals surface area contributed by atoms with Crippen molar-refractivity contribution in [3.05, 3.63) is 11.8 Å². The van der Waals surface area contributed by atoms with Gasteiger partial charge in [0.1, 0.15) is 5.60 Å². The van der Waals surface area contributed by atoms with Crippen molar-refractivity contribution in [1.29, 1.82) is 0 Å². The van der Waals surface area contributed by atoms with E-state index in [9.17, 15) is 40.7 Å². The second-order valence-corrected chi connectivity index (χ2v) is 7.25. The number of carbonyl (C=O) groups is 3. The van der Waals surface area contributed by atoms with Gasteiger partial charge in [0.2, 0.25) is 5.89 Å². The Bertz CT molecular complexity index is 785. The third-order valence-electron chi connectivity index (χ3n) is 2.97. The van der Waals surface area contributed by atoms with Gasteiger partial charge < -0.3 is 25.5 Å². The third kappa shape index (κ3) is 11.5. The van der Waals surface area contributed by atoms with E-state index in [-0.39, 0.29) is 5.89 Å². The van der Waals surface area contributed by atoms with Crippen molar-refractivity contribution in [3.63, 3.8) is 0 Å². The van der Waals surface area contributed by atoms with Crippen LogP contribution in [0.4, 0.5) is 31.1 Å². The highest BCUT2D eigenvalue weighted by Gasteiger charge is 2.39. The minimum atomic E-state index is -5.05. The molecule has 0 aliphatic rings. The minimum absolute atomic E-state index is 0.220. The topological polar surface area (TPSA) is 149 Å². The summed E-state index contributed by atoms with van der Waals surface area (Å²) in [6.45, 7) is 6.73. The van der Waals surface area contributed by atoms with Crippen LogP contribution in [0.5, 0.6) is 0 Å². The lowest BCUT2D eigenvalue weighted by atomic mass is 10.2. The number of aromatic nitrogens is 2. The summed E-state index contributed by atoms with van der Waals surface area (Å²) in [6, 6.07) is -1.77. The number of halogens is 6. The Balaban J connectivity index is 0.000000677. The molecule has 32 heavy (non-hydrogen) atoms. The molecule has 184 valence electrons. The summed E-state index contributed by atoms with van der Waals surface area (Å²) >= 11 is 0. The molecule has 2 amide bonds. The molecule has 0 radical (unpaired) electrons. The molecule has 0 fully saturated rings. The molecule has 0 spiro atoms. The van der Waals surface area contributed by atoms with E-state index in [2.05, 4.69) is 19.9 Å². The van der Waals surface area contributed by atoms with Gasteiger partial charge in [-0.3, -0.25) is 9.59 Å². The van der Waals surface area contributed by atoms with Crippen LogP contribution < -0.4 is 16.4 Å². The largest absolute Gasteiger partial charge is 0.471 e. The molecule has 4 N–H and O–H groups in total. The Labute approximate surface area is 178 Å². The van der Waals surface area contributed by atoms with E-state index in [0.29, 0.717) is 0 Å². The molecule has 10 nitrogen and oxygen atoms in total. The highest BCUT2D eigenvalue weighted by molar-refractivity contribution is 5.92. The molecule has 16 heteroatoms. The van der Waals surface area contributed by atoms with Crippen LogP contribution in [0.2, 0.25) is 0 Å². The predicted octanol–water partition coefficient (Wildman–Crippen LogP) is 2.26. The van der Waals surface area contributed by atoms with Gasteiger partial charge in [-0.25, -0.2) is 4.79 Å². The summed E-state index contributed by atoms with van der Waals surface area (Å²) in [5, 5.41) is 9.48. The standard InChI is InChI=1S/C11H17F3N2O4.C5H6F3N3O/c1-6(16-9(19)20-10(2,3)4)7(17)5-15-8(18)11(12,13)14;1-2(9)3-10-11-4(12-3)5(6,7)8/h6H,5H2,1-4H3,(H,15,18)(H,16,19);2H,9H2,1H3/t6-;/m1./s1. The zero-order valence-corrected chi connectivity index (χ0v) is 17.6. The number of alkyl halides is 6. The first-order valence-corrected chi connectivity index (χ1v) is 8.77. The lowest BCUT2D eigenvalue weighted by Crippen LogP contribution is -2.47. The average Bonchev–Trinajstić information content (AvgIpc) is 3.07. The molecule has 1 unspecified atom stereocenters. The van der Waals surface area contributed by atoms with Gasteiger partial charge >= 0.3 is 30.2 Å². The Kier molecular flexibility index (Phi) is 10.1. The Morgan fingerprint density at radius 2 is 1.59 bits per heavy atom. The minimum Gasteiger partial charge on any atom is -0.444 e. The van der Waals surface area contributed by atoms with Crippen molar-refractivity contribution < 1.29 is 49.9 Å². The molecule has 0 saturated carbocycles. The molecule has 0 aromatic carbocycles.